The molecule has 0 saturated carbocycles. The molecule has 0 aliphatic carbocycles. The Labute approximate surface area is 104 Å². The summed E-state index contributed by atoms with van der Waals surface area (Å²) in [6, 6.07) is 8.12. The van der Waals surface area contributed by atoms with Crippen molar-refractivity contribution in [3.8, 4) is 6.07 Å². The minimum absolute atomic E-state index is 0.738. The normalized spacial score (nSPS) is 15.6. The first-order valence-corrected chi connectivity index (χ1v) is 6.58. The van der Waals surface area contributed by atoms with E-state index in [1.54, 1.807) is 11.3 Å². The highest BCUT2D eigenvalue weighted by Gasteiger charge is 2.11. The van der Waals surface area contributed by atoms with Crippen molar-refractivity contribution in [2.75, 3.05) is 13.1 Å². The summed E-state index contributed by atoms with van der Waals surface area (Å²) in [7, 11) is 0. The van der Waals surface area contributed by atoms with E-state index in [0.717, 1.165) is 25.1 Å². The molecule has 17 heavy (non-hydrogen) atoms. The third-order valence-electron chi connectivity index (χ3n) is 3.08. The minimum atomic E-state index is 0.738. The van der Waals surface area contributed by atoms with Crippen molar-refractivity contribution in [1.29, 1.82) is 5.26 Å². The fraction of sp³-hybridized carbons (Fsp3) is 0.214. The smallest absolute Gasteiger partial charge is 0.0992 e. The molecule has 3 rings (SSSR count). The third kappa shape index (κ3) is 1.86. The Morgan fingerprint density at radius 1 is 1.35 bits per heavy atom. The number of nitrogens with one attached hydrogen (secondary N) is 1. The summed E-state index contributed by atoms with van der Waals surface area (Å²) < 4.78 is 1.20. The van der Waals surface area contributed by atoms with Gasteiger partial charge in [-0.25, -0.2) is 0 Å². The summed E-state index contributed by atoms with van der Waals surface area (Å²) >= 11 is 1.72. The molecule has 2 heterocycles. The van der Waals surface area contributed by atoms with Gasteiger partial charge in [-0.05, 0) is 41.6 Å². The van der Waals surface area contributed by atoms with Gasteiger partial charge in [0.1, 0.15) is 0 Å². The molecule has 0 spiro atoms. The fourth-order valence-corrected chi connectivity index (χ4v) is 3.22. The van der Waals surface area contributed by atoms with E-state index < -0.39 is 0 Å². The quantitative estimate of drug-likeness (QED) is 0.831. The van der Waals surface area contributed by atoms with Crippen molar-refractivity contribution < 1.29 is 0 Å². The molecule has 0 radical (unpaired) electrons. The van der Waals surface area contributed by atoms with E-state index in [2.05, 4.69) is 28.9 Å². The molecule has 1 aliphatic heterocycles. The molecule has 2 aromatic rings. The molecule has 0 bridgehead atoms. The molecule has 0 unspecified atom stereocenters. The molecule has 3 heteroatoms. The van der Waals surface area contributed by atoms with Gasteiger partial charge >= 0.3 is 0 Å². The number of rotatable bonds is 1. The molecule has 1 aromatic carbocycles. The summed E-state index contributed by atoms with van der Waals surface area (Å²) in [5.41, 5.74) is 3.44. The van der Waals surface area contributed by atoms with Crippen LogP contribution in [0.1, 0.15) is 17.5 Å². The lowest BCUT2D eigenvalue weighted by Crippen LogP contribution is -2.21. The van der Waals surface area contributed by atoms with Crippen molar-refractivity contribution in [2.24, 2.45) is 0 Å². The first-order chi connectivity index (χ1) is 8.38. The number of nitrogens with zero attached hydrogens (tertiary/aromatic N) is 1. The SMILES string of the molecule is N#Cc1ccc2c(C3=CCCNC3)csc2c1. The molecule has 84 valence electrons. The van der Waals surface area contributed by atoms with Gasteiger partial charge in [0, 0.05) is 16.6 Å². The Morgan fingerprint density at radius 3 is 3.06 bits per heavy atom. The lowest BCUT2D eigenvalue weighted by atomic mass is 10.0. The highest BCUT2D eigenvalue weighted by atomic mass is 32.1. The van der Waals surface area contributed by atoms with Gasteiger partial charge in [0.25, 0.3) is 0 Å². The highest BCUT2D eigenvalue weighted by molar-refractivity contribution is 7.17. The summed E-state index contributed by atoms with van der Waals surface area (Å²) in [6.07, 6.45) is 3.42. The van der Waals surface area contributed by atoms with E-state index in [1.807, 2.05) is 12.1 Å². The maximum Gasteiger partial charge on any atom is 0.0992 e. The van der Waals surface area contributed by atoms with Crippen molar-refractivity contribution in [3.63, 3.8) is 0 Å². The first kappa shape index (κ1) is 10.5. The second kappa shape index (κ2) is 4.33. The molecule has 0 atom stereocenters. The summed E-state index contributed by atoms with van der Waals surface area (Å²) in [5.74, 6) is 0. The zero-order valence-corrected chi connectivity index (χ0v) is 10.2. The summed E-state index contributed by atoms with van der Waals surface area (Å²) in [5, 5.41) is 15.7. The highest BCUT2D eigenvalue weighted by Crippen LogP contribution is 2.32. The van der Waals surface area contributed by atoms with Gasteiger partial charge in [-0.2, -0.15) is 5.26 Å². The first-order valence-electron chi connectivity index (χ1n) is 5.70. The standard InChI is InChI=1S/C14H12N2S/c15-7-10-3-4-12-13(9-17-14(12)6-10)11-2-1-5-16-8-11/h2-4,6,9,16H,1,5,8H2. The minimum Gasteiger partial charge on any atom is -0.312 e. The van der Waals surface area contributed by atoms with Gasteiger partial charge in [-0.3, -0.25) is 0 Å². The Bertz CT molecular complexity index is 631. The molecule has 1 N–H and O–H groups in total. The number of hydrogen-bond acceptors (Lipinski definition) is 3. The third-order valence-corrected chi connectivity index (χ3v) is 4.02. The average Bonchev–Trinajstić information content (AvgIpc) is 2.82. The topological polar surface area (TPSA) is 35.8 Å². The number of thiophene rings is 1. The molecule has 0 amide bonds. The van der Waals surface area contributed by atoms with Gasteiger partial charge in [0.05, 0.1) is 11.6 Å². The predicted octanol–water partition coefficient (Wildman–Crippen LogP) is 3.15. The Balaban J connectivity index is 2.12. The van der Waals surface area contributed by atoms with Gasteiger partial charge in [0.15, 0.2) is 0 Å². The van der Waals surface area contributed by atoms with Crippen LogP contribution in [-0.4, -0.2) is 13.1 Å². The summed E-state index contributed by atoms with van der Waals surface area (Å²) in [6.45, 7) is 2.02. The van der Waals surface area contributed by atoms with Crippen LogP contribution in [0, 0.1) is 11.3 Å². The van der Waals surface area contributed by atoms with Crippen LogP contribution in [0.15, 0.2) is 29.7 Å². The van der Waals surface area contributed by atoms with Crippen LogP contribution in [0.4, 0.5) is 0 Å². The van der Waals surface area contributed by atoms with Crippen LogP contribution >= 0.6 is 11.3 Å². The van der Waals surface area contributed by atoms with Crippen molar-refractivity contribution in [1.82, 2.24) is 5.32 Å². The van der Waals surface area contributed by atoms with Crippen LogP contribution in [0.5, 0.6) is 0 Å². The van der Waals surface area contributed by atoms with Gasteiger partial charge in [-0.1, -0.05) is 12.1 Å². The van der Waals surface area contributed by atoms with Gasteiger partial charge in [-0.15, -0.1) is 11.3 Å². The largest absolute Gasteiger partial charge is 0.312 e. The maximum absolute atomic E-state index is 8.89. The second-order valence-corrected chi connectivity index (χ2v) is 5.08. The van der Waals surface area contributed by atoms with E-state index in [0.29, 0.717) is 0 Å². The lowest BCUT2D eigenvalue weighted by molar-refractivity contribution is 0.740. The number of fused-ring (bicyclic) bond motifs is 1. The summed E-state index contributed by atoms with van der Waals surface area (Å²) in [4.78, 5) is 0. The molecule has 2 nitrogen and oxygen atoms in total. The number of benzene rings is 1. The van der Waals surface area contributed by atoms with Crippen molar-refractivity contribution in [3.05, 3.63) is 40.8 Å². The van der Waals surface area contributed by atoms with Gasteiger partial charge in [0.2, 0.25) is 0 Å². The van der Waals surface area contributed by atoms with Crippen LogP contribution in [-0.2, 0) is 0 Å². The zero-order valence-electron chi connectivity index (χ0n) is 9.36. The number of nitriles is 1. The van der Waals surface area contributed by atoms with E-state index >= 15 is 0 Å². The Morgan fingerprint density at radius 2 is 2.29 bits per heavy atom. The Kier molecular flexibility index (Phi) is 2.68. The van der Waals surface area contributed by atoms with E-state index in [1.165, 1.54) is 21.2 Å². The molecular formula is C14H12N2S. The molecule has 1 aliphatic rings. The lowest BCUT2D eigenvalue weighted by Gasteiger charge is -2.13. The molecule has 0 saturated heterocycles. The van der Waals surface area contributed by atoms with Crippen LogP contribution < -0.4 is 5.32 Å². The van der Waals surface area contributed by atoms with Gasteiger partial charge < -0.3 is 5.32 Å². The van der Waals surface area contributed by atoms with E-state index in [9.17, 15) is 0 Å². The Hall–Kier alpha value is -1.63. The zero-order chi connectivity index (χ0) is 11.7. The average molecular weight is 240 g/mol. The van der Waals surface area contributed by atoms with Crippen LogP contribution in [0.2, 0.25) is 0 Å². The fourth-order valence-electron chi connectivity index (χ4n) is 2.20. The van der Waals surface area contributed by atoms with Crippen LogP contribution in [0.25, 0.3) is 15.7 Å². The maximum atomic E-state index is 8.89. The molecule has 0 fully saturated rings. The monoisotopic (exact) mass is 240 g/mol. The van der Waals surface area contributed by atoms with E-state index in [4.69, 9.17) is 5.26 Å². The van der Waals surface area contributed by atoms with Crippen LogP contribution in [0.3, 0.4) is 0 Å². The predicted molar refractivity (Wildman–Crippen MR) is 72.0 cm³/mol. The second-order valence-electron chi connectivity index (χ2n) is 4.17. The van der Waals surface area contributed by atoms with E-state index in [-0.39, 0.29) is 0 Å². The number of hydrogen-bond donors (Lipinski definition) is 1. The molecular weight excluding hydrogens is 228 g/mol. The van der Waals surface area contributed by atoms with Crippen molar-refractivity contribution >= 4 is 27.0 Å². The molecule has 1 aromatic heterocycles. The van der Waals surface area contributed by atoms with Crippen molar-refractivity contribution in [2.45, 2.75) is 6.42 Å².